The van der Waals surface area contributed by atoms with Crippen LogP contribution in [0, 0.1) is 0 Å². The number of pyridine rings is 1. The van der Waals surface area contributed by atoms with Crippen molar-refractivity contribution in [1.82, 2.24) is 4.98 Å². The van der Waals surface area contributed by atoms with Crippen LogP contribution in [0.4, 0.5) is 0 Å². The number of aromatic nitrogens is 1. The molecule has 0 aliphatic carbocycles. The maximum Gasteiger partial charge on any atom is 0.125 e. The van der Waals surface area contributed by atoms with Crippen molar-refractivity contribution in [2.75, 3.05) is 7.11 Å². The third kappa shape index (κ3) is 3.95. The lowest BCUT2D eigenvalue weighted by Crippen LogP contribution is -1.95. The summed E-state index contributed by atoms with van der Waals surface area (Å²) in [5.41, 5.74) is 3.28. The summed E-state index contributed by atoms with van der Waals surface area (Å²) in [7, 11) is 1.72. The molecule has 1 aromatic heterocycles. The van der Waals surface area contributed by atoms with E-state index in [0.29, 0.717) is 0 Å². The maximum absolute atomic E-state index is 5.46. The first-order valence-electron chi connectivity index (χ1n) is 7.09. The van der Waals surface area contributed by atoms with Crippen LogP contribution in [0.5, 0.6) is 5.75 Å². The highest BCUT2D eigenvalue weighted by Gasteiger charge is 2.04. The summed E-state index contributed by atoms with van der Waals surface area (Å²) in [5.74, 6) is 0.932. The Bertz CT molecular complexity index is 561. The molecule has 0 saturated heterocycles. The van der Waals surface area contributed by atoms with Gasteiger partial charge in [0, 0.05) is 17.8 Å². The third-order valence-corrected chi connectivity index (χ3v) is 3.23. The fourth-order valence-electron chi connectivity index (χ4n) is 2.06. The standard InChI is InChI=1S/C18H21NO/c1-3-4-10-16-14-19-17(13-18(16)20-2)12-11-15-8-6-5-7-9-15/h5-9,11-14H,3-4,10H2,1-2H3/b12-11+. The lowest BCUT2D eigenvalue weighted by molar-refractivity contribution is 0.408. The van der Waals surface area contributed by atoms with Crippen LogP contribution in [-0.2, 0) is 6.42 Å². The zero-order valence-corrected chi connectivity index (χ0v) is 12.2. The zero-order valence-electron chi connectivity index (χ0n) is 12.2. The number of ether oxygens (including phenoxy) is 1. The summed E-state index contributed by atoms with van der Waals surface area (Å²) in [6.07, 6.45) is 9.37. The van der Waals surface area contributed by atoms with E-state index in [1.807, 2.05) is 36.5 Å². The van der Waals surface area contributed by atoms with Crippen molar-refractivity contribution in [3.63, 3.8) is 0 Å². The molecule has 0 atom stereocenters. The molecule has 0 unspecified atom stereocenters. The van der Waals surface area contributed by atoms with E-state index < -0.39 is 0 Å². The van der Waals surface area contributed by atoms with E-state index in [1.54, 1.807) is 7.11 Å². The van der Waals surface area contributed by atoms with Gasteiger partial charge in [-0.15, -0.1) is 0 Å². The molecule has 2 nitrogen and oxygen atoms in total. The minimum Gasteiger partial charge on any atom is -0.496 e. The van der Waals surface area contributed by atoms with Gasteiger partial charge < -0.3 is 4.74 Å². The lowest BCUT2D eigenvalue weighted by atomic mass is 10.1. The SMILES string of the molecule is CCCCc1cnc(/C=C/c2ccccc2)cc1OC. The van der Waals surface area contributed by atoms with Crippen molar-refractivity contribution in [2.45, 2.75) is 26.2 Å². The van der Waals surface area contributed by atoms with E-state index in [4.69, 9.17) is 4.74 Å². The average Bonchev–Trinajstić information content (AvgIpc) is 2.52. The maximum atomic E-state index is 5.46. The third-order valence-electron chi connectivity index (χ3n) is 3.23. The second kappa shape index (κ2) is 7.49. The smallest absolute Gasteiger partial charge is 0.125 e. The first-order chi connectivity index (χ1) is 9.83. The predicted octanol–water partition coefficient (Wildman–Crippen LogP) is 4.60. The number of rotatable bonds is 6. The van der Waals surface area contributed by atoms with Crippen molar-refractivity contribution in [1.29, 1.82) is 0 Å². The molecule has 0 N–H and O–H groups in total. The molecule has 1 aromatic carbocycles. The second-order valence-electron chi connectivity index (χ2n) is 4.77. The van der Waals surface area contributed by atoms with E-state index in [1.165, 1.54) is 17.5 Å². The van der Waals surface area contributed by atoms with Gasteiger partial charge in [0.05, 0.1) is 12.8 Å². The van der Waals surface area contributed by atoms with Gasteiger partial charge in [0.25, 0.3) is 0 Å². The highest BCUT2D eigenvalue weighted by Crippen LogP contribution is 2.21. The number of unbranched alkanes of at least 4 members (excludes halogenated alkanes) is 1. The monoisotopic (exact) mass is 267 g/mol. The Morgan fingerprint density at radius 2 is 1.95 bits per heavy atom. The van der Waals surface area contributed by atoms with Gasteiger partial charge in [-0.1, -0.05) is 49.8 Å². The van der Waals surface area contributed by atoms with Crippen LogP contribution in [-0.4, -0.2) is 12.1 Å². The molecule has 2 heteroatoms. The first kappa shape index (κ1) is 14.3. The van der Waals surface area contributed by atoms with Crippen LogP contribution >= 0.6 is 0 Å². The van der Waals surface area contributed by atoms with E-state index >= 15 is 0 Å². The van der Waals surface area contributed by atoms with Crippen LogP contribution in [0.3, 0.4) is 0 Å². The second-order valence-corrected chi connectivity index (χ2v) is 4.77. The minimum absolute atomic E-state index is 0.922. The van der Waals surface area contributed by atoms with Crippen molar-refractivity contribution in [3.8, 4) is 5.75 Å². The Balaban J connectivity index is 2.15. The van der Waals surface area contributed by atoms with Gasteiger partial charge in [-0.05, 0) is 24.5 Å². The average molecular weight is 267 g/mol. The van der Waals surface area contributed by atoms with Crippen LogP contribution in [0.15, 0.2) is 42.6 Å². The molecular formula is C18H21NO. The minimum atomic E-state index is 0.922. The summed E-state index contributed by atoms with van der Waals surface area (Å²) in [5, 5.41) is 0. The fourth-order valence-corrected chi connectivity index (χ4v) is 2.06. The summed E-state index contributed by atoms with van der Waals surface area (Å²) in [4.78, 5) is 4.49. The number of nitrogens with zero attached hydrogens (tertiary/aromatic N) is 1. The summed E-state index contributed by atoms with van der Waals surface area (Å²) in [6.45, 7) is 2.19. The Hall–Kier alpha value is -2.09. The molecule has 0 aliphatic heterocycles. The summed E-state index contributed by atoms with van der Waals surface area (Å²) < 4.78 is 5.46. The molecular weight excluding hydrogens is 246 g/mol. The Morgan fingerprint density at radius 1 is 1.15 bits per heavy atom. The lowest BCUT2D eigenvalue weighted by Gasteiger charge is -2.08. The van der Waals surface area contributed by atoms with Crippen LogP contribution in [0.25, 0.3) is 12.2 Å². The van der Waals surface area contributed by atoms with Gasteiger partial charge in [-0.2, -0.15) is 0 Å². The Kier molecular flexibility index (Phi) is 5.36. The van der Waals surface area contributed by atoms with Crippen molar-refractivity contribution in [3.05, 3.63) is 59.4 Å². The Labute approximate surface area is 121 Å². The van der Waals surface area contributed by atoms with Crippen molar-refractivity contribution >= 4 is 12.2 Å². The van der Waals surface area contributed by atoms with Crippen molar-refractivity contribution in [2.24, 2.45) is 0 Å². The number of aryl methyl sites for hydroxylation is 1. The predicted molar refractivity (Wildman–Crippen MR) is 84.8 cm³/mol. The van der Waals surface area contributed by atoms with Gasteiger partial charge in [0.15, 0.2) is 0 Å². The number of methoxy groups -OCH3 is 1. The molecule has 0 radical (unpaired) electrons. The van der Waals surface area contributed by atoms with Crippen LogP contribution < -0.4 is 4.74 Å². The van der Waals surface area contributed by atoms with Gasteiger partial charge in [-0.25, -0.2) is 0 Å². The molecule has 2 rings (SSSR count). The molecule has 0 fully saturated rings. The molecule has 0 spiro atoms. The van der Waals surface area contributed by atoms with Crippen LogP contribution in [0.1, 0.15) is 36.6 Å². The van der Waals surface area contributed by atoms with E-state index in [9.17, 15) is 0 Å². The largest absolute Gasteiger partial charge is 0.496 e. The molecule has 104 valence electrons. The number of hydrogen-bond donors (Lipinski definition) is 0. The molecule has 0 amide bonds. The normalized spacial score (nSPS) is 10.9. The molecule has 2 aromatic rings. The number of hydrogen-bond acceptors (Lipinski definition) is 2. The van der Waals surface area contributed by atoms with E-state index in [0.717, 1.165) is 24.3 Å². The molecule has 0 aliphatic rings. The quantitative estimate of drug-likeness (QED) is 0.763. The van der Waals surface area contributed by atoms with Crippen LogP contribution in [0.2, 0.25) is 0 Å². The van der Waals surface area contributed by atoms with Gasteiger partial charge >= 0.3 is 0 Å². The molecule has 1 heterocycles. The molecule has 0 bridgehead atoms. The number of benzene rings is 1. The highest BCUT2D eigenvalue weighted by molar-refractivity contribution is 5.68. The Morgan fingerprint density at radius 3 is 2.65 bits per heavy atom. The fraction of sp³-hybridized carbons (Fsp3) is 0.278. The molecule has 0 saturated carbocycles. The van der Waals surface area contributed by atoms with Gasteiger partial charge in [-0.3, -0.25) is 4.98 Å². The zero-order chi connectivity index (χ0) is 14.2. The van der Waals surface area contributed by atoms with Crippen molar-refractivity contribution < 1.29 is 4.74 Å². The molecule has 20 heavy (non-hydrogen) atoms. The van der Waals surface area contributed by atoms with E-state index in [2.05, 4.69) is 30.1 Å². The van der Waals surface area contributed by atoms with E-state index in [-0.39, 0.29) is 0 Å². The van der Waals surface area contributed by atoms with Gasteiger partial charge in [0.2, 0.25) is 0 Å². The summed E-state index contributed by atoms with van der Waals surface area (Å²) in [6, 6.07) is 12.2. The summed E-state index contributed by atoms with van der Waals surface area (Å²) >= 11 is 0. The highest BCUT2D eigenvalue weighted by atomic mass is 16.5. The topological polar surface area (TPSA) is 22.1 Å². The first-order valence-corrected chi connectivity index (χ1v) is 7.09. The van der Waals surface area contributed by atoms with Gasteiger partial charge in [0.1, 0.15) is 5.75 Å².